The van der Waals surface area contributed by atoms with Gasteiger partial charge in [0.1, 0.15) is 6.04 Å². The molecular weight excluding hydrogens is 240 g/mol. The van der Waals surface area contributed by atoms with E-state index in [2.05, 4.69) is 11.4 Å². The van der Waals surface area contributed by atoms with Crippen LogP contribution in [0, 0.1) is 11.3 Å². The number of anilines is 1. The Balaban J connectivity index is 2.51. The number of carboxylic acids is 1. The summed E-state index contributed by atoms with van der Waals surface area (Å²) in [5, 5.41) is 22.9. The predicted molar refractivity (Wildman–Crippen MR) is 74.0 cm³/mol. The summed E-state index contributed by atoms with van der Waals surface area (Å²) in [4.78, 5) is 11.1. The van der Waals surface area contributed by atoms with Gasteiger partial charge in [-0.3, -0.25) is 0 Å². The molecule has 0 aliphatic carbocycles. The first-order valence-corrected chi connectivity index (χ1v) is 6.08. The predicted octanol–water partition coefficient (Wildman–Crippen LogP) is 2.99. The summed E-state index contributed by atoms with van der Waals surface area (Å²) in [6.45, 7) is 1.82. The van der Waals surface area contributed by atoms with Crippen LogP contribution in [0.3, 0.4) is 0 Å². The first-order valence-electron chi connectivity index (χ1n) is 6.08. The number of nitrogens with zero attached hydrogens (tertiary/aromatic N) is 1. The van der Waals surface area contributed by atoms with Crippen LogP contribution in [0.4, 0.5) is 5.69 Å². The summed E-state index contributed by atoms with van der Waals surface area (Å²) in [5.74, 6) is -0.879. The molecule has 4 heteroatoms. The molecule has 2 N–H and O–H groups in total. The molecule has 0 heterocycles. The van der Waals surface area contributed by atoms with Gasteiger partial charge in [-0.05, 0) is 18.6 Å². The van der Waals surface area contributed by atoms with E-state index in [1.54, 1.807) is 12.1 Å². The molecule has 2 aromatic rings. The number of hydrogen-bond donors (Lipinski definition) is 2. The number of fused-ring (bicyclic) bond motifs is 1. The average molecular weight is 254 g/mol. The second kappa shape index (κ2) is 5.40. The fourth-order valence-corrected chi connectivity index (χ4v) is 2.05. The minimum absolute atomic E-state index is 0.490. The van der Waals surface area contributed by atoms with Gasteiger partial charge in [-0.1, -0.05) is 31.2 Å². The third-order valence-corrected chi connectivity index (χ3v) is 3.08. The van der Waals surface area contributed by atoms with E-state index < -0.39 is 12.0 Å². The van der Waals surface area contributed by atoms with Crippen LogP contribution in [0.15, 0.2) is 36.4 Å². The molecule has 0 amide bonds. The monoisotopic (exact) mass is 254 g/mol. The molecule has 1 unspecified atom stereocenters. The van der Waals surface area contributed by atoms with E-state index in [0.717, 1.165) is 16.5 Å². The molecule has 19 heavy (non-hydrogen) atoms. The highest BCUT2D eigenvalue weighted by Crippen LogP contribution is 2.27. The largest absolute Gasteiger partial charge is 0.480 e. The van der Waals surface area contributed by atoms with E-state index in [-0.39, 0.29) is 0 Å². The van der Waals surface area contributed by atoms with Crippen LogP contribution in [0.5, 0.6) is 0 Å². The van der Waals surface area contributed by atoms with Gasteiger partial charge in [0.05, 0.1) is 11.6 Å². The lowest BCUT2D eigenvalue weighted by atomic mass is 10.0. The van der Waals surface area contributed by atoms with Crippen molar-refractivity contribution in [2.24, 2.45) is 0 Å². The van der Waals surface area contributed by atoms with Crippen molar-refractivity contribution in [2.75, 3.05) is 5.32 Å². The minimum Gasteiger partial charge on any atom is -0.480 e. The number of benzene rings is 2. The molecule has 0 saturated heterocycles. The highest BCUT2D eigenvalue weighted by molar-refractivity contribution is 5.98. The van der Waals surface area contributed by atoms with Crippen LogP contribution >= 0.6 is 0 Å². The Hall–Kier alpha value is -2.54. The number of hydrogen-bond acceptors (Lipinski definition) is 3. The maximum Gasteiger partial charge on any atom is 0.326 e. The maximum atomic E-state index is 11.1. The van der Waals surface area contributed by atoms with Gasteiger partial charge in [-0.2, -0.15) is 5.26 Å². The third kappa shape index (κ3) is 2.50. The van der Waals surface area contributed by atoms with Gasteiger partial charge in [0, 0.05) is 16.5 Å². The summed E-state index contributed by atoms with van der Waals surface area (Å²) in [5.41, 5.74) is 1.33. The van der Waals surface area contributed by atoms with E-state index in [4.69, 9.17) is 10.4 Å². The Morgan fingerprint density at radius 3 is 2.58 bits per heavy atom. The van der Waals surface area contributed by atoms with Crippen molar-refractivity contribution in [3.8, 4) is 6.07 Å². The first-order chi connectivity index (χ1) is 9.17. The van der Waals surface area contributed by atoms with Gasteiger partial charge in [0.15, 0.2) is 0 Å². The smallest absolute Gasteiger partial charge is 0.326 e. The SMILES string of the molecule is CCC(Nc1ccc(C#N)c2ccccc12)C(=O)O. The van der Waals surface area contributed by atoms with Gasteiger partial charge in [0.25, 0.3) is 0 Å². The standard InChI is InChI=1S/C15H14N2O2/c1-2-13(15(18)19)17-14-8-7-10(9-16)11-5-3-4-6-12(11)14/h3-8,13,17H,2H2,1H3,(H,18,19). The molecule has 0 saturated carbocycles. The van der Waals surface area contributed by atoms with Gasteiger partial charge in [-0.25, -0.2) is 4.79 Å². The van der Waals surface area contributed by atoms with Gasteiger partial charge >= 0.3 is 5.97 Å². The Morgan fingerprint density at radius 2 is 2.00 bits per heavy atom. The molecule has 0 aliphatic heterocycles. The van der Waals surface area contributed by atoms with Crippen LogP contribution in [0.2, 0.25) is 0 Å². The molecule has 0 fully saturated rings. The quantitative estimate of drug-likeness (QED) is 0.879. The Bertz CT molecular complexity index is 659. The van der Waals surface area contributed by atoms with E-state index in [1.807, 2.05) is 31.2 Å². The summed E-state index contributed by atoms with van der Waals surface area (Å²) < 4.78 is 0. The molecule has 2 aromatic carbocycles. The van der Waals surface area contributed by atoms with Crippen LogP contribution in [0.1, 0.15) is 18.9 Å². The van der Waals surface area contributed by atoms with Crippen molar-refractivity contribution in [3.05, 3.63) is 42.0 Å². The highest BCUT2D eigenvalue weighted by atomic mass is 16.4. The molecule has 0 bridgehead atoms. The van der Waals surface area contributed by atoms with Crippen molar-refractivity contribution in [1.29, 1.82) is 5.26 Å². The van der Waals surface area contributed by atoms with Crippen molar-refractivity contribution in [2.45, 2.75) is 19.4 Å². The summed E-state index contributed by atoms with van der Waals surface area (Å²) in [6.07, 6.45) is 0.490. The average Bonchev–Trinajstić information content (AvgIpc) is 2.44. The molecule has 96 valence electrons. The lowest BCUT2D eigenvalue weighted by molar-refractivity contribution is -0.137. The normalized spacial score (nSPS) is 11.8. The summed E-state index contributed by atoms with van der Waals surface area (Å²) in [7, 11) is 0. The van der Waals surface area contributed by atoms with E-state index >= 15 is 0 Å². The van der Waals surface area contributed by atoms with Crippen molar-refractivity contribution in [1.82, 2.24) is 0 Å². The lowest BCUT2D eigenvalue weighted by Gasteiger charge is -2.16. The Morgan fingerprint density at radius 1 is 1.32 bits per heavy atom. The molecule has 0 spiro atoms. The Labute approximate surface area is 111 Å². The number of rotatable bonds is 4. The van der Waals surface area contributed by atoms with Crippen LogP contribution in [0.25, 0.3) is 10.8 Å². The zero-order valence-corrected chi connectivity index (χ0v) is 10.6. The molecule has 2 rings (SSSR count). The number of aliphatic carboxylic acids is 1. The molecule has 1 atom stereocenters. The zero-order chi connectivity index (χ0) is 13.8. The number of carboxylic acid groups (broad SMARTS) is 1. The molecular formula is C15H14N2O2. The summed E-state index contributed by atoms with van der Waals surface area (Å²) >= 11 is 0. The van der Waals surface area contributed by atoms with E-state index in [9.17, 15) is 4.79 Å². The number of nitrogens with one attached hydrogen (secondary N) is 1. The van der Waals surface area contributed by atoms with Crippen LogP contribution < -0.4 is 5.32 Å². The molecule has 0 aromatic heterocycles. The van der Waals surface area contributed by atoms with Crippen molar-refractivity contribution >= 4 is 22.4 Å². The fourth-order valence-electron chi connectivity index (χ4n) is 2.05. The van der Waals surface area contributed by atoms with E-state index in [0.29, 0.717) is 12.0 Å². The van der Waals surface area contributed by atoms with Crippen molar-refractivity contribution in [3.63, 3.8) is 0 Å². The van der Waals surface area contributed by atoms with Crippen LogP contribution in [-0.4, -0.2) is 17.1 Å². The maximum absolute atomic E-state index is 11.1. The second-order valence-electron chi connectivity index (χ2n) is 4.26. The third-order valence-electron chi connectivity index (χ3n) is 3.08. The van der Waals surface area contributed by atoms with E-state index in [1.165, 1.54) is 0 Å². The molecule has 0 aliphatic rings. The van der Waals surface area contributed by atoms with Gasteiger partial charge in [0.2, 0.25) is 0 Å². The van der Waals surface area contributed by atoms with Gasteiger partial charge < -0.3 is 10.4 Å². The zero-order valence-electron chi connectivity index (χ0n) is 10.6. The number of carbonyl (C=O) groups is 1. The van der Waals surface area contributed by atoms with Crippen molar-refractivity contribution < 1.29 is 9.90 Å². The highest BCUT2D eigenvalue weighted by Gasteiger charge is 2.16. The van der Waals surface area contributed by atoms with Crippen LogP contribution in [-0.2, 0) is 4.79 Å². The first kappa shape index (κ1) is 12.9. The Kier molecular flexibility index (Phi) is 3.67. The fraction of sp³-hybridized carbons (Fsp3) is 0.200. The second-order valence-corrected chi connectivity index (χ2v) is 4.26. The topological polar surface area (TPSA) is 73.1 Å². The summed E-state index contributed by atoms with van der Waals surface area (Å²) in [6, 6.07) is 12.5. The molecule has 0 radical (unpaired) electrons. The minimum atomic E-state index is -0.879. The lowest BCUT2D eigenvalue weighted by Crippen LogP contribution is -2.28. The van der Waals surface area contributed by atoms with Gasteiger partial charge in [-0.15, -0.1) is 0 Å². The number of nitriles is 1. The molecule has 4 nitrogen and oxygen atoms in total.